The van der Waals surface area contributed by atoms with Crippen LogP contribution in [0, 0.1) is 5.92 Å². The number of fused-ring (bicyclic) bond motifs is 1. The van der Waals surface area contributed by atoms with Crippen molar-refractivity contribution in [1.82, 2.24) is 0 Å². The van der Waals surface area contributed by atoms with E-state index in [0.717, 1.165) is 0 Å². The van der Waals surface area contributed by atoms with Gasteiger partial charge in [0.15, 0.2) is 11.5 Å². The van der Waals surface area contributed by atoms with E-state index in [1.165, 1.54) is 14.0 Å². The van der Waals surface area contributed by atoms with Crippen molar-refractivity contribution in [2.75, 3.05) is 42.4 Å². The fraction of sp³-hybridized carbons (Fsp3) is 0.318. The molecule has 162 valence electrons. The van der Waals surface area contributed by atoms with Gasteiger partial charge in [0.05, 0.1) is 18.7 Å². The number of benzene rings is 2. The summed E-state index contributed by atoms with van der Waals surface area (Å²) >= 11 is 0. The second-order valence-corrected chi connectivity index (χ2v) is 7.32. The number of methoxy groups -OCH3 is 1. The minimum absolute atomic E-state index is 0.0912. The minimum Gasteiger partial charge on any atom is -0.495 e. The fourth-order valence-corrected chi connectivity index (χ4v) is 3.65. The third-order valence-corrected chi connectivity index (χ3v) is 5.11. The van der Waals surface area contributed by atoms with E-state index in [2.05, 4.69) is 10.6 Å². The molecule has 1 saturated heterocycles. The molecule has 3 amide bonds. The smallest absolute Gasteiger partial charge is 0.229 e. The van der Waals surface area contributed by atoms with Crippen molar-refractivity contribution >= 4 is 34.8 Å². The molecule has 1 atom stereocenters. The molecule has 1 fully saturated rings. The zero-order valence-electron chi connectivity index (χ0n) is 17.3. The van der Waals surface area contributed by atoms with Gasteiger partial charge in [-0.05, 0) is 30.3 Å². The van der Waals surface area contributed by atoms with Crippen molar-refractivity contribution < 1.29 is 28.6 Å². The summed E-state index contributed by atoms with van der Waals surface area (Å²) in [7, 11) is 1.49. The Hall–Kier alpha value is -3.75. The lowest BCUT2D eigenvalue weighted by Crippen LogP contribution is -2.28. The lowest BCUT2D eigenvalue weighted by molar-refractivity contribution is -0.122. The van der Waals surface area contributed by atoms with Gasteiger partial charge in [-0.2, -0.15) is 0 Å². The first-order valence-corrected chi connectivity index (χ1v) is 9.91. The first kappa shape index (κ1) is 20.5. The number of carbonyl (C=O) groups is 3. The van der Waals surface area contributed by atoms with Crippen molar-refractivity contribution in [2.24, 2.45) is 5.92 Å². The van der Waals surface area contributed by atoms with Crippen LogP contribution in [0.1, 0.15) is 13.3 Å². The predicted octanol–water partition coefficient (Wildman–Crippen LogP) is 2.42. The number of hydrogen-bond acceptors (Lipinski definition) is 6. The monoisotopic (exact) mass is 425 g/mol. The second kappa shape index (κ2) is 8.55. The first-order chi connectivity index (χ1) is 14.9. The molecule has 9 heteroatoms. The average molecular weight is 425 g/mol. The molecule has 9 nitrogen and oxygen atoms in total. The standard InChI is InChI=1S/C22H23N3O6/c1-13(26)23-15-3-5-18(29-2)17(10-15)24-22(28)14-9-21(27)25(12-14)16-4-6-19-20(11-16)31-8-7-30-19/h3-6,10-11,14H,7-9,12H2,1-2H3,(H,23,26)(H,24,28)/t14-/m1/s1. The number of hydrogen-bond donors (Lipinski definition) is 2. The normalized spacial score (nSPS) is 17.3. The van der Waals surface area contributed by atoms with E-state index < -0.39 is 5.92 Å². The van der Waals surface area contributed by atoms with Crippen LogP contribution < -0.4 is 29.7 Å². The van der Waals surface area contributed by atoms with Crippen molar-refractivity contribution in [3.63, 3.8) is 0 Å². The van der Waals surface area contributed by atoms with E-state index in [9.17, 15) is 14.4 Å². The summed E-state index contributed by atoms with van der Waals surface area (Å²) in [6.45, 7) is 2.59. The molecule has 0 saturated carbocycles. The molecule has 0 spiro atoms. The Balaban J connectivity index is 1.48. The van der Waals surface area contributed by atoms with Gasteiger partial charge >= 0.3 is 0 Å². The van der Waals surface area contributed by atoms with Gasteiger partial charge < -0.3 is 29.7 Å². The van der Waals surface area contributed by atoms with Gasteiger partial charge in [0.25, 0.3) is 0 Å². The Bertz CT molecular complexity index is 1040. The van der Waals surface area contributed by atoms with Gasteiger partial charge in [-0.1, -0.05) is 0 Å². The molecule has 2 heterocycles. The minimum atomic E-state index is -0.533. The number of nitrogens with zero attached hydrogens (tertiary/aromatic N) is 1. The maximum Gasteiger partial charge on any atom is 0.229 e. The van der Waals surface area contributed by atoms with Crippen molar-refractivity contribution in [3.05, 3.63) is 36.4 Å². The number of carbonyl (C=O) groups excluding carboxylic acids is 3. The molecule has 2 aromatic carbocycles. The van der Waals surface area contributed by atoms with Gasteiger partial charge in [-0.25, -0.2) is 0 Å². The van der Waals surface area contributed by atoms with E-state index in [4.69, 9.17) is 14.2 Å². The molecule has 0 aliphatic carbocycles. The molecule has 2 aliphatic rings. The number of rotatable bonds is 5. The summed E-state index contributed by atoms with van der Waals surface area (Å²) in [6.07, 6.45) is 0.0912. The number of nitrogens with one attached hydrogen (secondary N) is 2. The summed E-state index contributed by atoms with van der Waals surface area (Å²) in [5.74, 6) is 0.484. The summed E-state index contributed by atoms with van der Waals surface area (Å²) in [6, 6.07) is 10.3. The van der Waals surface area contributed by atoms with Crippen LogP contribution in [0.2, 0.25) is 0 Å². The molecule has 31 heavy (non-hydrogen) atoms. The largest absolute Gasteiger partial charge is 0.495 e. The van der Waals surface area contributed by atoms with E-state index in [-0.39, 0.29) is 30.7 Å². The van der Waals surface area contributed by atoms with Gasteiger partial charge in [-0.3, -0.25) is 14.4 Å². The first-order valence-electron chi connectivity index (χ1n) is 9.91. The molecule has 2 aliphatic heterocycles. The molecule has 0 bridgehead atoms. The van der Waals surface area contributed by atoms with Gasteiger partial charge in [0, 0.05) is 37.3 Å². The molecule has 0 unspecified atom stereocenters. The Morgan fingerprint density at radius 1 is 1.06 bits per heavy atom. The quantitative estimate of drug-likeness (QED) is 0.762. The molecule has 0 radical (unpaired) electrons. The second-order valence-electron chi connectivity index (χ2n) is 7.32. The average Bonchev–Trinajstić information content (AvgIpc) is 3.15. The van der Waals surface area contributed by atoms with Crippen molar-refractivity contribution in [1.29, 1.82) is 0 Å². The number of amides is 3. The van der Waals surface area contributed by atoms with Crippen LogP contribution in [0.15, 0.2) is 36.4 Å². The van der Waals surface area contributed by atoms with E-state index >= 15 is 0 Å². The fourth-order valence-electron chi connectivity index (χ4n) is 3.65. The highest BCUT2D eigenvalue weighted by Crippen LogP contribution is 2.36. The highest BCUT2D eigenvalue weighted by Gasteiger charge is 2.36. The third kappa shape index (κ3) is 4.40. The Labute approximate surface area is 179 Å². The van der Waals surface area contributed by atoms with Crippen molar-refractivity contribution in [2.45, 2.75) is 13.3 Å². The van der Waals surface area contributed by atoms with Gasteiger partial charge in [0.2, 0.25) is 17.7 Å². The van der Waals surface area contributed by atoms with Crippen LogP contribution in [0.3, 0.4) is 0 Å². The van der Waals surface area contributed by atoms with Crippen LogP contribution in [-0.4, -0.2) is 44.6 Å². The molecule has 0 aromatic heterocycles. The number of ether oxygens (including phenoxy) is 3. The van der Waals surface area contributed by atoms with Crippen LogP contribution in [0.4, 0.5) is 17.1 Å². The summed E-state index contributed by atoms with van der Waals surface area (Å²) in [4.78, 5) is 38.4. The lowest BCUT2D eigenvalue weighted by Gasteiger charge is -2.22. The van der Waals surface area contributed by atoms with Crippen LogP contribution in [0.25, 0.3) is 0 Å². The van der Waals surface area contributed by atoms with Crippen molar-refractivity contribution in [3.8, 4) is 17.2 Å². The molecule has 2 N–H and O–H groups in total. The Morgan fingerprint density at radius 3 is 2.58 bits per heavy atom. The molecular weight excluding hydrogens is 402 g/mol. The SMILES string of the molecule is COc1ccc(NC(C)=O)cc1NC(=O)[C@@H]1CC(=O)N(c2ccc3c(c2)OCCO3)C1. The highest BCUT2D eigenvalue weighted by atomic mass is 16.6. The zero-order chi connectivity index (χ0) is 22.0. The van der Waals surface area contributed by atoms with E-state index in [1.54, 1.807) is 41.3 Å². The molecular formula is C22H23N3O6. The third-order valence-electron chi connectivity index (χ3n) is 5.11. The van der Waals surface area contributed by atoms with Gasteiger partial charge in [-0.15, -0.1) is 0 Å². The number of anilines is 3. The lowest BCUT2D eigenvalue weighted by atomic mass is 10.1. The summed E-state index contributed by atoms with van der Waals surface area (Å²) in [5, 5.41) is 5.49. The van der Waals surface area contributed by atoms with E-state index in [1.807, 2.05) is 0 Å². The predicted molar refractivity (Wildman–Crippen MR) is 114 cm³/mol. The van der Waals surface area contributed by atoms with E-state index in [0.29, 0.717) is 47.5 Å². The summed E-state index contributed by atoms with van der Waals surface area (Å²) < 4.78 is 16.4. The highest BCUT2D eigenvalue weighted by molar-refractivity contribution is 6.04. The maximum atomic E-state index is 12.9. The van der Waals surface area contributed by atoms with Crippen LogP contribution >= 0.6 is 0 Å². The molecule has 2 aromatic rings. The zero-order valence-corrected chi connectivity index (χ0v) is 17.3. The maximum absolute atomic E-state index is 12.9. The Kier molecular flexibility index (Phi) is 5.66. The van der Waals surface area contributed by atoms with Crippen LogP contribution in [-0.2, 0) is 14.4 Å². The Morgan fingerprint density at radius 2 is 1.84 bits per heavy atom. The van der Waals surface area contributed by atoms with Gasteiger partial charge in [0.1, 0.15) is 19.0 Å². The summed E-state index contributed by atoms with van der Waals surface area (Å²) in [5.41, 5.74) is 1.61. The topological polar surface area (TPSA) is 106 Å². The van der Waals surface area contributed by atoms with Crippen LogP contribution in [0.5, 0.6) is 17.2 Å². The molecule has 4 rings (SSSR count).